The number of carbonyl (C=O) groups is 7. The third kappa shape index (κ3) is 10.2. The summed E-state index contributed by atoms with van der Waals surface area (Å²) in [5.41, 5.74) is 0.364. The average Bonchev–Trinajstić information content (AvgIpc) is 3.46. The fourth-order valence-electron chi connectivity index (χ4n) is 4.94. The van der Waals surface area contributed by atoms with E-state index >= 15 is 0 Å². The first-order valence-corrected chi connectivity index (χ1v) is 16.1. The Morgan fingerprint density at radius 1 is 0.725 bits per heavy atom. The molecule has 0 aliphatic carbocycles. The number of benzene rings is 1. The van der Waals surface area contributed by atoms with Crippen molar-refractivity contribution in [3.63, 3.8) is 0 Å². The predicted molar refractivity (Wildman–Crippen MR) is 181 cm³/mol. The minimum absolute atomic E-state index is 0.157. The van der Waals surface area contributed by atoms with Crippen molar-refractivity contribution in [3.8, 4) is 0 Å². The number of primary amides is 1. The summed E-state index contributed by atoms with van der Waals surface area (Å²) in [5, 5.41) is 11.9. The number of nitrogens with one attached hydrogen (secondary N) is 4. The van der Waals surface area contributed by atoms with Crippen LogP contribution in [0.5, 0.6) is 0 Å². The van der Waals surface area contributed by atoms with Crippen LogP contribution in [0.3, 0.4) is 0 Å². The van der Waals surface area contributed by atoms with Crippen molar-refractivity contribution in [2.24, 2.45) is 5.73 Å². The summed E-state index contributed by atoms with van der Waals surface area (Å²) in [6.07, 6.45) is -2.93. The molecule has 1 aromatic carbocycles. The first-order valence-electron chi connectivity index (χ1n) is 16.1. The van der Waals surface area contributed by atoms with E-state index in [-0.39, 0.29) is 6.54 Å². The molecule has 0 aromatic heterocycles. The van der Waals surface area contributed by atoms with Crippen molar-refractivity contribution in [2.75, 3.05) is 27.9 Å². The fourth-order valence-corrected chi connectivity index (χ4v) is 4.94. The smallest absolute Gasteiger partial charge is 0.411 e. The van der Waals surface area contributed by atoms with Crippen LogP contribution in [-0.2, 0) is 63.5 Å². The number of ether oxygens (including phenoxy) is 2. The van der Waals surface area contributed by atoms with Crippen molar-refractivity contribution >= 4 is 53.7 Å². The van der Waals surface area contributed by atoms with Gasteiger partial charge in [0.1, 0.15) is 28.8 Å². The number of rotatable bonds is 16. The lowest BCUT2D eigenvalue weighted by atomic mass is 9.67. The molecule has 0 spiro atoms. The van der Waals surface area contributed by atoms with Gasteiger partial charge in [0, 0.05) is 0 Å². The van der Waals surface area contributed by atoms with E-state index in [1.165, 1.54) is 48.7 Å². The molecule has 8 N–H and O–H groups in total. The van der Waals surface area contributed by atoms with E-state index in [1.807, 2.05) is 0 Å². The van der Waals surface area contributed by atoms with Crippen molar-refractivity contribution < 1.29 is 62.3 Å². The van der Waals surface area contributed by atoms with Crippen molar-refractivity contribution in [2.45, 2.75) is 96.3 Å². The van der Waals surface area contributed by atoms with Crippen LogP contribution >= 0.6 is 0 Å². The minimum atomic E-state index is -2.86. The van der Waals surface area contributed by atoms with Gasteiger partial charge in [-0.15, -0.1) is 5.46 Å². The zero-order valence-electron chi connectivity index (χ0n) is 31.0. The normalized spacial score (nSPS) is 17.5. The largest absolute Gasteiger partial charge is 0.543 e. The molecular weight excluding hydrogens is 671 g/mol. The molecule has 0 bridgehead atoms. The van der Waals surface area contributed by atoms with E-state index < -0.39 is 89.1 Å². The molecule has 2 rings (SSSR count). The highest BCUT2D eigenvalue weighted by Gasteiger charge is 2.52. The first kappa shape index (κ1) is 42.6. The monoisotopic (exact) mass is 722 g/mol. The molecule has 1 fully saturated rings. The van der Waals surface area contributed by atoms with E-state index in [0.717, 1.165) is 14.2 Å². The van der Waals surface area contributed by atoms with Gasteiger partial charge < -0.3 is 55.8 Å². The molecule has 1 aromatic rings. The molecule has 0 unspecified atom stereocenters. The van der Waals surface area contributed by atoms with E-state index in [9.17, 15) is 33.6 Å². The highest BCUT2D eigenvalue weighted by molar-refractivity contribution is 6.76. The Morgan fingerprint density at radius 3 is 1.59 bits per heavy atom. The topological polar surface area (TPSA) is 256 Å². The predicted octanol–water partition coefficient (Wildman–Crippen LogP) is -3.26. The second-order valence-corrected chi connectivity index (χ2v) is 14.3. The Bertz CT molecular complexity index is 1510. The van der Waals surface area contributed by atoms with Gasteiger partial charge in [-0.3, -0.25) is 24.0 Å². The second kappa shape index (κ2) is 16.2. The maximum Gasteiger partial charge on any atom is 0.411 e. The van der Waals surface area contributed by atoms with E-state index in [2.05, 4.69) is 21.3 Å². The van der Waals surface area contributed by atoms with Crippen molar-refractivity contribution in [1.29, 1.82) is 0 Å². The molecule has 284 valence electrons. The van der Waals surface area contributed by atoms with Gasteiger partial charge in [0.05, 0.1) is 27.3 Å². The number of esters is 2. The summed E-state index contributed by atoms with van der Waals surface area (Å²) < 4.78 is 27.1. The third-order valence-corrected chi connectivity index (χ3v) is 8.36. The van der Waals surface area contributed by atoms with Gasteiger partial charge in [0.25, 0.3) is 5.91 Å². The van der Waals surface area contributed by atoms with Gasteiger partial charge in [0.2, 0.25) is 23.6 Å². The first-order chi connectivity index (χ1) is 23.4. The Morgan fingerprint density at radius 2 is 1.16 bits per heavy atom. The number of amides is 5. The van der Waals surface area contributed by atoms with Crippen LogP contribution in [0.4, 0.5) is 0 Å². The van der Waals surface area contributed by atoms with Crippen LogP contribution < -0.4 is 37.8 Å². The van der Waals surface area contributed by atoms with E-state index in [1.54, 1.807) is 43.4 Å². The molecule has 1 aliphatic rings. The number of hydrogen-bond acceptors (Lipinski definition) is 12. The average molecular weight is 723 g/mol. The van der Waals surface area contributed by atoms with Crippen LogP contribution in [0.2, 0.25) is 0 Å². The maximum absolute atomic E-state index is 13.6. The highest BCUT2D eigenvalue weighted by Crippen LogP contribution is 2.28. The lowest BCUT2D eigenvalue weighted by molar-refractivity contribution is -0.720. The van der Waals surface area contributed by atoms with E-state index in [0.29, 0.717) is 11.0 Å². The third-order valence-electron chi connectivity index (χ3n) is 8.36. The molecule has 1 saturated heterocycles. The number of hydrogen-bond donors (Lipinski definition) is 6. The molecule has 51 heavy (non-hydrogen) atoms. The molecule has 0 saturated carbocycles. The summed E-state index contributed by atoms with van der Waals surface area (Å²) in [6, 6.07) is 6.81. The highest BCUT2D eigenvalue weighted by atomic mass is 16.8. The lowest BCUT2D eigenvalue weighted by Gasteiger charge is -2.37. The van der Waals surface area contributed by atoms with Gasteiger partial charge in [-0.25, -0.2) is 9.59 Å². The Kier molecular flexibility index (Phi) is 13.5. The Labute approximate surface area is 296 Å². The summed E-state index contributed by atoms with van der Waals surface area (Å²) in [7, 11) is 3.58. The zero-order chi connectivity index (χ0) is 39.2. The lowest BCUT2D eigenvalue weighted by Crippen LogP contribution is -2.97. The Balaban J connectivity index is 2.18. The van der Waals surface area contributed by atoms with Crippen LogP contribution in [0, 0.1) is 0 Å². The fraction of sp³-hybridized carbons (Fsp3) is 0.594. The molecular formula is C32H51BN6O12. The summed E-state index contributed by atoms with van der Waals surface area (Å²) in [6.45, 7) is 8.80. The summed E-state index contributed by atoms with van der Waals surface area (Å²) in [5.74, 6) is -5.06. The maximum atomic E-state index is 13.6. The summed E-state index contributed by atoms with van der Waals surface area (Å²) in [4.78, 5) is 88.6. The molecule has 1 heterocycles. The minimum Gasteiger partial charge on any atom is -0.543 e. The number of methoxy groups -OCH3 is 2. The molecule has 1 aliphatic heterocycles. The van der Waals surface area contributed by atoms with Gasteiger partial charge in [-0.1, -0.05) is 24.3 Å². The van der Waals surface area contributed by atoms with Gasteiger partial charge in [-0.05, 0) is 68.1 Å². The van der Waals surface area contributed by atoms with Crippen molar-refractivity contribution in [3.05, 3.63) is 29.8 Å². The van der Waals surface area contributed by atoms with Gasteiger partial charge in [0.15, 0.2) is 5.54 Å². The molecule has 18 nitrogen and oxygen atoms in total. The van der Waals surface area contributed by atoms with Crippen LogP contribution in [0.1, 0.15) is 61.0 Å². The van der Waals surface area contributed by atoms with Gasteiger partial charge >= 0.3 is 18.7 Å². The Hall–Kier alpha value is -4.59. The number of carbonyl (C=O) groups excluding carboxylic acids is 7. The summed E-state index contributed by atoms with van der Waals surface area (Å²) >= 11 is 0. The van der Waals surface area contributed by atoms with Crippen molar-refractivity contribution in [1.82, 2.24) is 21.3 Å². The van der Waals surface area contributed by atoms with E-state index in [4.69, 9.17) is 29.2 Å². The quantitative estimate of drug-likeness (QED) is 0.0726. The molecule has 2 atom stereocenters. The standard InChI is InChI=1S/C32H50BN6O12/c1-29(2,26(44)37-31(5,6)28(46)39-32(7,8)27(45)38-30(3,4)25(43)35-17-20(34)40)36-16-18-14-12-13-15-19(18)33(49-11)50-21(23(41)47-9)22(51-33)24(42)48-10/h12-15,21-22,36H,16-17H2,1-11H3,(H2,34,40)(H,35,43)(H,37,44)(H,38,45)(H,39,46)/q-1/p+1/t21-,22-/m1/s1. The van der Waals surface area contributed by atoms with Crippen LogP contribution in [0.25, 0.3) is 0 Å². The molecule has 5 amide bonds. The number of quaternary nitrogens is 1. The number of nitrogens with two attached hydrogens (primary N) is 2. The zero-order valence-corrected chi connectivity index (χ0v) is 31.0. The second-order valence-electron chi connectivity index (χ2n) is 14.3. The van der Waals surface area contributed by atoms with Gasteiger partial charge in [-0.2, -0.15) is 0 Å². The molecule has 0 radical (unpaired) electrons. The van der Waals surface area contributed by atoms with Crippen LogP contribution in [0.15, 0.2) is 24.3 Å². The SMILES string of the molecule is COC(=O)[C@@H]1O[B-](OC)(c2ccccc2C[NH2+]C(C)(C)C(=O)NC(C)(C)C(=O)NC(C)(C)C(=O)NC(C)(C)C(=O)NCC(N)=O)O[C@H]1C(=O)OC. The molecule has 19 heteroatoms. The van der Waals surface area contributed by atoms with Crippen LogP contribution in [-0.4, -0.2) is 110 Å².